The van der Waals surface area contributed by atoms with Crippen molar-refractivity contribution in [1.29, 1.82) is 0 Å². The average molecular weight is 386 g/mol. The number of carbonyl (C=O) groups excluding carboxylic acids is 1. The Bertz CT molecular complexity index is 363. The number of piperazine rings is 1. The quantitative estimate of drug-likeness (QED) is 0.695. The third-order valence-electron chi connectivity index (χ3n) is 4.70. The van der Waals surface area contributed by atoms with E-state index in [2.05, 4.69) is 17.1 Å². The first-order chi connectivity index (χ1) is 10.7. The second-order valence-corrected chi connectivity index (χ2v) is 6.09. The summed E-state index contributed by atoms with van der Waals surface area (Å²) in [7, 11) is 0. The highest BCUT2D eigenvalue weighted by molar-refractivity contribution is 5.85. The van der Waals surface area contributed by atoms with E-state index < -0.39 is 0 Å². The molecule has 2 aliphatic heterocycles. The molecule has 144 valence electrons. The molecule has 1 amide bonds. The van der Waals surface area contributed by atoms with Crippen molar-refractivity contribution >= 4 is 30.7 Å². The minimum absolute atomic E-state index is 0. The molecule has 0 aromatic heterocycles. The van der Waals surface area contributed by atoms with Crippen LogP contribution in [0.1, 0.15) is 27.2 Å². The molecule has 24 heavy (non-hydrogen) atoms. The number of hydrogen-bond donors (Lipinski definition) is 1. The summed E-state index contributed by atoms with van der Waals surface area (Å²) in [6.45, 7) is 12.7. The monoisotopic (exact) mass is 385 g/mol. The van der Waals surface area contributed by atoms with Crippen LogP contribution >= 0.6 is 24.8 Å². The zero-order valence-electron chi connectivity index (χ0n) is 15.0. The molecule has 2 fully saturated rings. The molecule has 8 heteroatoms. The fraction of sp³-hybridized carbons (Fsp3) is 0.938. The molecule has 0 spiro atoms. The molecule has 0 aromatic rings. The Kier molecular flexibility index (Phi) is 12.2. The van der Waals surface area contributed by atoms with E-state index in [0.717, 1.165) is 52.4 Å². The smallest absolute Gasteiger partial charge is 0.242 e. The lowest BCUT2D eigenvalue weighted by atomic mass is 10.1. The van der Waals surface area contributed by atoms with Crippen LogP contribution in [-0.4, -0.2) is 86.4 Å². The zero-order valence-corrected chi connectivity index (χ0v) is 16.7. The van der Waals surface area contributed by atoms with Gasteiger partial charge in [0.05, 0.1) is 19.3 Å². The van der Waals surface area contributed by atoms with Gasteiger partial charge in [0.15, 0.2) is 0 Å². The first-order valence-electron chi connectivity index (χ1n) is 8.62. The van der Waals surface area contributed by atoms with Crippen molar-refractivity contribution in [3.8, 4) is 0 Å². The molecule has 2 rings (SSSR count). The molecular formula is C16H33Cl2N3O3. The van der Waals surface area contributed by atoms with Gasteiger partial charge < -0.3 is 19.7 Å². The fourth-order valence-corrected chi connectivity index (χ4v) is 3.31. The second kappa shape index (κ2) is 12.3. The summed E-state index contributed by atoms with van der Waals surface area (Å²) in [5.74, 6) is 0.190. The average Bonchev–Trinajstić information content (AvgIpc) is 2.55. The number of nitrogens with one attached hydrogen (secondary N) is 1. The Morgan fingerprint density at radius 3 is 2.67 bits per heavy atom. The Balaban J connectivity index is 0.00000264. The van der Waals surface area contributed by atoms with Crippen LogP contribution in [0.15, 0.2) is 0 Å². The minimum atomic E-state index is -0.193. The van der Waals surface area contributed by atoms with E-state index in [1.165, 1.54) is 0 Å². The summed E-state index contributed by atoms with van der Waals surface area (Å²) in [6, 6.07) is 0.235. The standard InChI is InChI=1S/C16H31N3O3.2ClH/c1-4-14-12-19(8-7-18(14)9-11-21-5-2)16(20)15-13(3)22-10-6-17-15;;/h13-15,17H,4-12H2,1-3H3;2*1H/t13-,14?,15+;;/m1../s1. The SMILES string of the molecule is CCOCCN1CCN(C(=O)[C@H]2NCCO[C@@H]2C)CC1CC.Cl.Cl. The third-order valence-corrected chi connectivity index (χ3v) is 4.70. The van der Waals surface area contributed by atoms with Gasteiger partial charge in [-0.3, -0.25) is 9.69 Å². The number of morpholine rings is 1. The van der Waals surface area contributed by atoms with Crippen LogP contribution in [0.3, 0.4) is 0 Å². The van der Waals surface area contributed by atoms with Crippen molar-refractivity contribution in [2.24, 2.45) is 0 Å². The molecule has 0 saturated carbocycles. The van der Waals surface area contributed by atoms with Gasteiger partial charge in [-0.1, -0.05) is 6.92 Å². The summed E-state index contributed by atoms with van der Waals surface area (Å²) in [5, 5.41) is 3.30. The number of carbonyl (C=O) groups is 1. The van der Waals surface area contributed by atoms with Crippen molar-refractivity contribution in [2.75, 3.05) is 52.5 Å². The van der Waals surface area contributed by atoms with Gasteiger partial charge >= 0.3 is 0 Å². The summed E-state index contributed by atoms with van der Waals surface area (Å²) in [6.07, 6.45) is 1.01. The molecule has 0 bridgehead atoms. The highest BCUT2D eigenvalue weighted by Gasteiger charge is 2.35. The lowest BCUT2D eigenvalue weighted by molar-refractivity contribution is -0.142. The van der Waals surface area contributed by atoms with E-state index >= 15 is 0 Å². The first-order valence-corrected chi connectivity index (χ1v) is 8.62. The predicted octanol–water partition coefficient (Wildman–Crippen LogP) is 1.17. The van der Waals surface area contributed by atoms with Gasteiger partial charge in [-0.05, 0) is 20.3 Å². The van der Waals surface area contributed by atoms with Gasteiger partial charge in [0.2, 0.25) is 5.91 Å². The van der Waals surface area contributed by atoms with Crippen LogP contribution in [-0.2, 0) is 14.3 Å². The Labute approximate surface area is 158 Å². The maximum atomic E-state index is 12.7. The van der Waals surface area contributed by atoms with Crippen molar-refractivity contribution < 1.29 is 14.3 Å². The van der Waals surface area contributed by atoms with Crippen molar-refractivity contribution in [3.63, 3.8) is 0 Å². The van der Waals surface area contributed by atoms with E-state index in [9.17, 15) is 4.79 Å². The van der Waals surface area contributed by atoms with Crippen LogP contribution in [0.4, 0.5) is 0 Å². The summed E-state index contributed by atoms with van der Waals surface area (Å²) in [5.41, 5.74) is 0. The lowest BCUT2D eigenvalue weighted by Crippen LogP contribution is -2.61. The molecule has 0 radical (unpaired) electrons. The number of amides is 1. The number of nitrogens with zero attached hydrogens (tertiary/aromatic N) is 2. The van der Waals surface area contributed by atoms with E-state index in [0.29, 0.717) is 12.6 Å². The Morgan fingerprint density at radius 2 is 2.04 bits per heavy atom. The number of halogens is 2. The molecule has 6 nitrogen and oxygen atoms in total. The third kappa shape index (κ3) is 6.32. The van der Waals surface area contributed by atoms with Gasteiger partial charge in [-0.15, -0.1) is 24.8 Å². The maximum Gasteiger partial charge on any atom is 0.242 e. The molecule has 3 atom stereocenters. The van der Waals surface area contributed by atoms with Crippen LogP contribution in [0.5, 0.6) is 0 Å². The van der Waals surface area contributed by atoms with Crippen LogP contribution in [0, 0.1) is 0 Å². The van der Waals surface area contributed by atoms with Gasteiger partial charge in [-0.2, -0.15) is 0 Å². The minimum Gasteiger partial charge on any atom is -0.380 e. The normalized spacial score (nSPS) is 28.0. The summed E-state index contributed by atoms with van der Waals surface area (Å²) >= 11 is 0. The molecule has 1 N–H and O–H groups in total. The highest BCUT2D eigenvalue weighted by atomic mass is 35.5. The largest absolute Gasteiger partial charge is 0.380 e. The Hall–Kier alpha value is -0.110. The predicted molar refractivity (Wildman–Crippen MR) is 100 cm³/mol. The number of rotatable bonds is 6. The van der Waals surface area contributed by atoms with Crippen molar-refractivity contribution in [3.05, 3.63) is 0 Å². The van der Waals surface area contributed by atoms with E-state index in [4.69, 9.17) is 9.47 Å². The topological polar surface area (TPSA) is 54.0 Å². The fourth-order valence-electron chi connectivity index (χ4n) is 3.31. The van der Waals surface area contributed by atoms with Gasteiger partial charge in [0, 0.05) is 45.4 Å². The van der Waals surface area contributed by atoms with Crippen LogP contribution < -0.4 is 5.32 Å². The van der Waals surface area contributed by atoms with E-state index in [1.807, 2.05) is 18.7 Å². The van der Waals surface area contributed by atoms with Gasteiger partial charge in [0.25, 0.3) is 0 Å². The van der Waals surface area contributed by atoms with Crippen molar-refractivity contribution in [1.82, 2.24) is 15.1 Å². The molecule has 2 aliphatic rings. The summed E-state index contributed by atoms with van der Waals surface area (Å²) in [4.78, 5) is 17.2. The second-order valence-electron chi connectivity index (χ2n) is 6.09. The molecule has 0 aromatic carbocycles. The van der Waals surface area contributed by atoms with E-state index in [-0.39, 0.29) is 42.9 Å². The number of ether oxygens (including phenoxy) is 2. The zero-order chi connectivity index (χ0) is 15.9. The molecular weight excluding hydrogens is 353 g/mol. The lowest BCUT2D eigenvalue weighted by Gasteiger charge is -2.43. The molecule has 1 unspecified atom stereocenters. The first kappa shape index (κ1) is 23.9. The van der Waals surface area contributed by atoms with Gasteiger partial charge in [0.1, 0.15) is 6.04 Å². The van der Waals surface area contributed by atoms with Gasteiger partial charge in [-0.25, -0.2) is 0 Å². The van der Waals surface area contributed by atoms with Crippen LogP contribution in [0.25, 0.3) is 0 Å². The number of hydrogen-bond acceptors (Lipinski definition) is 5. The molecule has 2 heterocycles. The highest BCUT2D eigenvalue weighted by Crippen LogP contribution is 2.16. The van der Waals surface area contributed by atoms with E-state index in [1.54, 1.807) is 0 Å². The molecule has 2 saturated heterocycles. The van der Waals surface area contributed by atoms with Crippen molar-refractivity contribution in [2.45, 2.75) is 45.4 Å². The molecule has 0 aliphatic carbocycles. The summed E-state index contributed by atoms with van der Waals surface area (Å²) < 4.78 is 11.1. The van der Waals surface area contributed by atoms with Crippen LogP contribution in [0.2, 0.25) is 0 Å². The Morgan fingerprint density at radius 1 is 1.29 bits per heavy atom. The maximum absolute atomic E-state index is 12.7.